The first kappa shape index (κ1) is 12.3. The number of hydrogen-bond acceptors (Lipinski definition) is 5. The Labute approximate surface area is 108 Å². The first-order valence-corrected chi connectivity index (χ1v) is 5.49. The predicted molar refractivity (Wildman–Crippen MR) is 67.5 cm³/mol. The van der Waals surface area contributed by atoms with Crippen LogP contribution in [0.5, 0.6) is 0 Å². The number of anilines is 1. The standard InChI is InChI=1S/C11H9ClN4O2/c12-11-13-6-5-10(15-11)14-7-8-3-1-2-4-9(8)16(17)18/h1-6H,7H2,(H,13,14,15). The maximum atomic E-state index is 10.8. The molecule has 18 heavy (non-hydrogen) atoms. The fraction of sp³-hybridized carbons (Fsp3) is 0.0909. The topological polar surface area (TPSA) is 81.0 Å². The Bertz CT molecular complexity index is 576. The van der Waals surface area contributed by atoms with Gasteiger partial charge >= 0.3 is 0 Å². The van der Waals surface area contributed by atoms with E-state index in [4.69, 9.17) is 11.6 Å². The van der Waals surface area contributed by atoms with Crippen molar-refractivity contribution >= 4 is 23.1 Å². The van der Waals surface area contributed by atoms with E-state index in [1.165, 1.54) is 12.3 Å². The molecule has 1 aromatic carbocycles. The van der Waals surface area contributed by atoms with Crippen molar-refractivity contribution < 1.29 is 4.92 Å². The summed E-state index contributed by atoms with van der Waals surface area (Å²) in [6.07, 6.45) is 1.51. The van der Waals surface area contributed by atoms with Gasteiger partial charge in [-0.05, 0) is 17.7 Å². The molecule has 0 radical (unpaired) electrons. The van der Waals surface area contributed by atoms with E-state index < -0.39 is 4.92 Å². The monoisotopic (exact) mass is 264 g/mol. The fourth-order valence-electron chi connectivity index (χ4n) is 1.46. The molecule has 7 heteroatoms. The third-order valence-electron chi connectivity index (χ3n) is 2.27. The van der Waals surface area contributed by atoms with Crippen LogP contribution in [0.4, 0.5) is 11.5 Å². The first-order valence-electron chi connectivity index (χ1n) is 5.11. The minimum atomic E-state index is -0.413. The number of rotatable bonds is 4. The molecule has 0 saturated carbocycles. The van der Waals surface area contributed by atoms with E-state index in [0.717, 1.165) is 0 Å². The highest BCUT2D eigenvalue weighted by Gasteiger charge is 2.11. The van der Waals surface area contributed by atoms with Crippen LogP contribution in [0.1, 0.15) is 5.56 Å². The van der Waals surface area contributed by atoms with E-state index in [9.17, 15) is 10.1 Å². The van der Waals surface area contributed by atoms with Crippen molar-refractivity contribution in [2.24, 2.45) is 0 Å². The van der Waals surface area contributed by atoms with Crippen LogP contribution in [0.25, 0.3) is 0 Å². The lowest BCUT2D eigenvalue weighted by Gasteiger charge is -2.05. The summed E-state index contributed by atoms with van der Waals surface area (Å²) in [7, 11) is 0. The normalized spacial score (nSPS) is 10.1. The third kappa shape index (κ3) is 2.92. The molecule has 2 aromatic rings. The molecule has 0 aliphatic carbocycles. The zero-order chi connectivity index (χ0) is 13.0. The van der Waals surface area contributed by atoms with Gasteiger partial charge in [0.05, 0.1) is 4.92 Å². The lowest BCUT2D eigenvalue weighted by atomic mass is 10.2. The second kappa shape index (κ2) is 5.42. The quantitative estimate of drug-likeness (QED) is 0.522. The molecule has 0 aliphatic rings. The zero-order valence-electron chi connectivity index (χ0n) is 9.21. The van der Waals surface area contributed by atoms with Gasteiger partial charge in [0.2, 0.25) is 5.28 Å². The van der Waals surface area contributed by atoms with Crippen molar-refractivity contribution in [3.8, 4) is 0 Å². The molecule has 1 aromatic heterocycles. The van der Waals surface area contributed by atoms with Gasteiger partial charge < -0.3 is 5.32 Å². The average molecular weight is 265 g/mol. The highest BCUT2D eigenvalue weighted by molar-refractivity contribution is 6.28. The van der Waals surface area contributed by atoms with E-state index >= 15 is 0 Å². The molecule has 0 spiro atoms. The molecule has 0 fully saturated rings. The molecule has 0 amide bonds. The first-order chi connectivity index (χ1) is 8.66. The lowest BCUT2D eigenvalue weighted by molar-refractivity contribution is -0.385. The number of nitro benzene ring substituents is 1. The number of para-hydroxylation sites is 1. The Balaban J connectivity index is 2.13. The molecule has 0 aliphatic heterocycles. The molecule has 6 nitrogen and oxygen atoms in total. The highest BCUT2D eigenvalue weighted by atomic mass is 35.5. The molecule has 92 valence electrons. The summed E-state index contributed by atoms with van der Waals surface area (Å²) in [5.74, 6) is 0.521. The Morgan fingerprint density at radius 1 is 1.33 bits per heavy atom. The molecule has 1 heterocycles. The van der Waals surface area contributed by atoms with E-state index in [1.807, 2.05) is 0 Å². The number of aromatic nitrogens is 2. The smallest absolute Gasteiger partial charge is 0.274 e. The molecule has 0 saturated heterocycles. The van der Waals surface area contributed by atoms with Crippen LogP contribution in [0.15, 0.2) is 36.5 Å². The van der Waals surface area contributed by atoms with Gasteiger partial charge in [-0.25, -0.2) is 9.97 Å². The Kier molecular flexibility index (Phi) is 3.69. The second-order valence-corrected chi connectivity index (χ2v) is 3.79. The third-order valence-corrected chi connectivity index (χ3v) is 2.46. The molecule has 2 rings (SSSR count). The largest absolute Gasteiger partial charge is 0.366 e. The van der Waals surface area contributed by atoms with Crippen LogP contribution in [0, 0.1) is 10.1 Å². The van der Waals surface area contributed by atoms with Gasteiger partial charge in [-0.3, -0.25) is 10.1 Å². The van der Waals surface area contributed by atoms with Crippen LogP contribution >= 0.6 is 11.6 Å². The van der Waals surface area contributed by atoms with Gasteiger partial charge in [0, 0.05) is 24.4 Å². The van der Waals surface area contributed by atoms with Crippen LogP contribution in [0.3, 0.4) is 0 Å². The number of benzene rings is 1. The van der Waals surface area contributed by atoms with E-state index in [0.29, 0.717) is 17.9 Å². The van der Waals surface area contributed by atoms with Crippen molar-refractivity contribution in [1.29, 1.82) is 0 Å². The average Bonchev–Trinajstić information content (AvgIpc) is 2.37. The molecule has 0 bridgehead atoms. The van der Waals surface area contributed by atoms with Crippen LogP contribution in [-0.2, 0) is 6.54 Å². The minimum absolute atomic E-state index is 0.0742. The Morgan fingerprint density at radius 3 is 2.83 bits per heavy atom. The Hall–Kier alpha value is -2.21. The van der Waals surface area contributed by atoms with Gasteiger partial charge in [0.25, 0.3) is 5.69 Å². The van der Waals surface area contributed by atoms with Gasteiger partial charge in [-0.1, -0.05) is 18.2 Å². The van der Waals surface area contributed by atoms with Gasteiger partial charge in [-0.15, -0.1) is 0 Å². The van der Waals surface area contributed by atoms with Crippen molar-refractivity contribution in [1.82, 2.24) is 9.97 Å². The lowest BCUT2D eigenvalue weighted by Crippen LogP contribution is -2.04. The summed E-state index contributed by atoms with van der Waals surface area (Å²) in [5.41, 5.74) is 0.655. The van der Waals surface area contributed by atoms with E-state index in [-0.39, 0.29) is 11.0 Å². The van der Waals surface area contributed by atoms with Crippen molar-refractivity contribution in [2.75, 3.05) is 5.32 Å². The van der Waals surface area contributed by atoms with Crippen molar-refractivity contribution in [2.45, 2.75) is 6.54 Å². The zero-order valence-corrected chi connectivity index (χ0v) is 9.96. The van der Waals surface area contributed by atoms with Crippen LogP contribution in [-0.4, -0.2) is 14.9 Å². The van der Waals surface area contributed by atoms with Crippen molar-refractivity contribution in [3.05, 3.63) is 57.5 Å². The van der Waals surface area contributed by atoms with Gasteiger partial charge in [-0.2, -0.15) is 0 Å². The highest BCUT2D eigenvalue weighted by Crippen LogP contribution is 2.18. The number of nitrogens with one attached hydrogen (secondary N) is 1. The number of hydrogen-bond donors (Lipinski definition) is 1. The predicted octanol–water partition coefficient (Wildman–Crippen LogP) is 2.65. The second-order valence-electron chi connectivity index (χ2n) is 3.45. The van der Waals surface area contributed by atoms with Crippen molar-refractivity contribution in [3.63, 3.8) is 0 Å². The summed E-state index contributed by atoms with van der Waals surface area (Å²) in [4.78, 5) is 18.1. The summed E-state index contributed by atoms with van der Waals surface area (Å²) in [6, 6.07) is 8.17. The number of nitrogens with zero attached hydrogens (tertiary/aromatic N) is 3. The Morgan fingerprint density at radius 2 is 2.11 bits per heavy atom. The summed E-state index contributed by atoms with van der Waals surface area (Å²) in [6.45, 7) is 0.296. The maximum Gasteiger partial charge on any atom is 0.274 e. The fourth-order valence-corrected chi connectivity index (χ4v) is 1.60. The number of nitro groups is 1. The van der Waals surface area contributed by atoms with E-state index in [1.54, 1.807) is 24.3 Å². The molecular formula is C11H9ClN4O2. The van der Waals surface area contributed by atoms with Crippen LogP contribution < -0.4 is 5.32 Å². The molecule has 0 unspecified atom stereocenters. The summed E-state index contributed by atoms with van der Waals surface area (Å²) in [5, 5.41) is 13.9. The molecular weight excluding hydrogens is 256 g/mol. The van der Waals surface area contributed by atoms with E-state index in [2.05, 4.69) is 15.3 Å². The maximum absolute atomic E-state index is 10.8. The van der Waals surface area contributed by atoms with Gasteiger partial charge in [0.15, 0.2) is 0 Å². The minimum Gasteiger partial charge on any atom is -0.366 e. The van der Waals surface area contributed by atoms with Gasteiger partial charge in [0.1, 0.15) is 5.82 Å². The summed E-state index contributed by atoms with van der Waals surface area (Å²) < 4.78 is 0. The molecule has 0 atom stereocenters. The SMILES string of the molecule is O=[N+]([O-])c1ccccc1CNc1ccnc(Cl)n1. The molecule has 1 N–H and O–H groups in total. The van der Waals surface area contributed by atoms with Crippen LogP contribution in [0.2, 0.25) is 5.28 Å². The number of halogens is 1. The summed E-state index contributed by atoms with van der Waals surface area (Å²) >= 11 is 5.64.